The summed E-state index contributed by atoms with van der Waals surface area (Å²) in [5, 5.41) is 9.86. The van der Waals surface area contributed by atoms with Crippen molar-refractivity contribution < 1.29 is 22.9 Å². The topological polar surface area (TPSA) is 94.5 Å². The Labute approximate surface area is 193 Å². The Morgan fingerprint density at radius 1 is 1.07 bits per heavy atom. The molecule has 2 aromatic carbocycles. The van der Waals surface area contributed by atoms with Crippen molar-refractivity contribution in [3.05, 3.63) is 84.3 Å². The van der Waals surface area contributed by atoms with Crippen molar-refractivity contribution in [1.29, 1.82) is 0 Å². The molecule has 0 amide bonds. The standard InChI is InChI=1S/C19H10Br2Cl2O5S/c20-12-5-9(7-14(22)18(12)24)17(10-6-13(21)19(25)15(23)8-10)11-3-1-2-4-16(11)29(26,27)28/h1-8,24H,(H,26,27,28)/p-1. The Hall–Kier alpha value is -1.42. The number of ketones is 1. The van der Waals surface area contributed by atoms with Crippen LogP contribution in [-0.4, -0.2) is 23.9 Å². The van der Waals surface area contributed by atoms with Crippen molar-refractivity contribution >= 4 is 76.5 Å². The quantitative estimate of drug-likeness (QED) is 0.485. The molecule has 2 aromatic rings. The highest BCUT2D eigenvalue weighted by molar-refractivity contribution is 9.12. The molecule has 0 unspecified atom stereocenters. The molecule has 5 nitrogen and oxygen atoms in total. The van der Waals surface area contributed by atoms with Gasteiger partial charge in [0, 0.05) is 5.56 Å². The zero-order valence-electron chi connectivity index (χ0n) is 14.1. The zero-order chi connectivity index (χ0) is 21.5. The molecule has 0 aromatic heterocycles. The lowest BCUT2D eigenvalue weighted by atomic mass is 9.90. The molecular formula is C19H9Br2Cl2O5S-. The summed E-state index contributed by atoms with van der Waals surface area (Å²) in [7, 11) is -4.82. The highest BCUT2D eigenvalue weighted by Crippen LogP contribution is 2.41. The van der Waals surface area contributed by atoms with Crippen molar-refractivity contribution in [2.45, 2.75) is 4.90 Å². The first kappa shape index (κ1) is 22.3. The van der Waals surface area contributed by atoms with E-state index in [-0.39, 0.29) is 35.9 Å². The van der Waals surface area contributed by atoms with Gasteiger partial charge in [-0.3, -0.25) is 4.79 Å². The van der Waals surface area contributed by atoms with Crippen LogP contribution in [0.25, 0.3) is 5.57 Å². The van der Waals surface area contributed by atoms with E-state index in [0.717, 1.165) is 0 Å². The number of rotatable bonds is 3. The average Bonchev–Trinajstić information content (AvgIpc) is 2.64. The lowest BCUT2D eigenvalue weighted by Gasteiger charge is -2.20. The normalized spacial score (nSPS) is 16.4. The first-order valence-corrected chi connectivity index (χ1v) is 11.5. The Kier molecular flexibility index (Phi) is 6.43. The second kappa shape index (κ2) is 8.37. The van der Waals surface area contributed by atoms with Gasteiger partial charge in [0.05, 0.1) is 23.9 Å². The van der Waals surface area contributed by atoms with Crippen molar-refractivity contribution in [1.82, 2.24) is 0 Å². The maximum absolute atomic E-state index is 12.0. The second-order valence-corrected chi connectivity index (χ2v) is 9.75. The summed E-state index contributed by atoms with van der Waals surface area (Å²) >= 11 is 18.5. The van der Waals surface area contributed by atoms with Crippen LogP contribution in [0.3, 0.4) is 0 Å². The summed E-state index contributed by atoms with van der Waals surface area (Å²) in [4.78, 5) is 11.5. The van der Waals surface area contributed by atoms with Gasteiger partial charge in [-0.1, -0.05) is 41.4 Å². The molecule has 0 bridgehead atoms. The molecule has 0 radical (unpaired) electrons. The third kappa shape index (κ3) is 4.52. The number of aromatic hydroxyl groups is 1. The molecule has 0 saturated heterocycles. The SMILES string of the molecule is O=C1C(Cl)=CC(=C(c2cc(Cl)c(O)c(Br)c2)c2ccccc2S(=O)(=O)[O-])C=C1Br. The number of allylic oxidation sites excluding steroid dienone is 5. The molecule has 150 valence electrons. The Balaban J connectivity index is 2.47. The molecule has 29 heavy (non-hydrogen) atoms. The Morgan fingerprint density at radius 3 is 2.31 bits per heavy atom. The van der Waals surface area contributed by atoms with E-state index >= 15 is 0 Å². The molecule has 3 rings (SSSR count). The van der Waals surface area contributed by atoms with Crippen LogP contribution in [0.2, 0.25) is 5.02 Å². The van der Waals surface area contributed by atoms with Crippen LogP contribution in [0.1, 0.15) is 11.1 Å². The van der Waals surface area contributed by atoms with Gasteiger partial charge in [-0.05, 0) is 78.9 Å². The monoisotopic (exact) mass is 577 g/mol. The van der Waals surface area contributed by atoms with Gasteiger partial charge >= 0.3 is 0 Å². The summed E-state index contributed by atoms with van der Waals surface area (Å²) in [6.45, 7) is 0. The fraction of sp³-hybridized carbons (Fsp3) is 0. The van der Waals surface area contributed by atoms with Gasteiger partial charge in [0.25, 0.3) is 0 Å². The summed E-state index contributed by atoms with van der Waals surface area (Å²) in [5.74, 6) is -0.641. The van der Waals surface area contributed by atoms with Crippen LogP contribution < -0.4 is 0 Å². The predicted molar refractivity (Wildman–Crippen MR) is 117 cm³/mol. The van der Waals surface area contributed by atoms with Crippen molar-refractivity contribution in [3.63, 3.8) is 0 Å². The van der Waals surface area contributed by atoms with Crippen LogP contribution in [-0.2, 0) is 14.9 Å². The van der Waals surface area contributed by atoms with Crippen LogP contribution in [0.4, 0.5) is 0 Å². The highest BCUT2D eigenvalue weighted by atomic mass is 79.9. The van der Waals surface area contributed by atoms with E-state index in [0.29, 0.717) is 11.1 Å². The minimum absolute atomic E-state index is 0.0000515. The number of carbonyl (C=O) groups is 1. The van der Waals surface area contributed by atoms with E-state index in [9.17, 15) is 22.9 Å². The molecule has 1 N–H and O–H groups in total. The second-order valence-electron chi connectivity index (χ2n) is 5.88. The minimum Gasteiger partial charge on any atom is -0.744 e. The number of phenols is 1. The number of carbonyl (C=O) groups excluding carboxylic acids is 1. The van der Waals surface area contributed by atoms with Gasteiger partial charge < -0.3 is 9.66 Å². The lowest BCUT2D eigenvalue weighted by molar-refractivity contribution is -0.111. The minimum atomic E-state index is -4.82. The lowest BCUT2D eigenvalue weighted by Crippen LogP contribution is -2.07. The first-order valence-electron chi connectivity index (χ1n) is 7.77. The Morgan fingerprint density at radius 2 is 1.72 bits per heavy atom. The molecular weight excluding hydrogens is 571 g/mol. The van der Waals surface area contributed by atoms with Crippen LogP contribution in [0.15, 0.2) is 73.0 Å². The highest BCUT2D eigenvalue weighted by Gasteiger charge is 2.23. The van der Waals surface area contributed by atoms with E-state index in [4.69, 9.17) is 23.2 Å². The first-order chi connectivity index (χ1) is 13.5. The van der Waals surface area contributed by atoms with Gasteiger partial charge in [0.15, 0.2) is 0 Å². The summed E-state index contributed by atoms with van der Waals surface area (Å²) in [5.41, 5.74) is 1.13. The van der Waals surface area contributed by atoms with Gasteiger partial charge in [-0.2, -0.15) is 0 Å². The maximum Gasteiger partial charge on any atom is 0.211 e. The number of hydrogen-bond donors (Lipinski definition) is 1. The summed E-state index contributed by atoms with van der Waals surface area (Å²) in [6.07, 6.45) is 2.83. The van der Waals surface area contributed by atoms with Gasteiger partial charge in [0.2, 0.25) is 5.78 Å². The molecule has 0 aliphatic heterocycles. The average molecular weight is 580 g/mol. The van der Waals surface area contributed by atoms with Crippen LogP contribution in [0.5, 0.6) is 5.75 Å². The Bertz CT molecular complexity index is 1200. The van der Waals surface area contributed by atoms with Crippen molar-refractivity contribution in [2.75, 3.05) is 0 Å². The van der Waals surface area contributed by atoms with E-state index in [1.165, 1.54) is 42.5 Å². The molecule has 10 heteroatoms. The maximum atomic E-state index is 12.0. The number of phenolic OH excluding ortho intramolecular Hbond substituents is 1. The molecule has 0 saturated carbocycles. The van der Waals surface area contributed by atoms with Crippen LogP contribution in [0, 0.1) is 0 Å². The van der Waals surface area contributed by atoms with E-state index in [1.54, 1.807) is 6.07 Å². The number of Topliss-reactive ketones (excluding diaryl/α,β-unsaturated/α-hetero) is 1. The third-order valence-electron chi connectivity index (χ3n) is 4.02. The molecule has 0 fully saturated rings. The summed E-state index contributed by atoms with van der Waals surface area (Å²) < 4.78 is 36.0. The fourth-order valence-corrected chi connectivity index (χ4v) is 5.05. The zero-order valence-corrected chi connectivity index (χ0v) is 19.6. The number of hydrogen-bond acceptors (Lipinski definition) is 5. The van der Waals surface area contributed by atoms with E-state index < -0.39 is 20.8 Å². The molecule has 0 spiro atoms. The van der Waals surface area contributed by atoms with Gasteiger partial charge in [-0.15, -0.1) is 0 Å². The molecule has 0 heterocycles. The van der Waals surface area contributed by atoms with Crippen LogP contribution >= 0.6 is 55.1 Å². The largest absolute Gasteiger partial charge is 0.744 e. The number of benzene rings is 2. The van der Waals surface area contributed by atoms with Gasteiger partial charge in [0.1, 0.15) is 15.9 Å². The van der Waals surface area contributed by atoms with E-state index in [2.05, 4.69) is 31.9 Å². The smallest absolute Gasteiger partial charge is 0.211 e. The number of halogens is 4. The summed E-state index contributed by atoms with van der Waals surface area (Å²) in [6, 6.07) is 8.57. The third-order valence-corrected chi connectivity index (χ3v) is 6.68. The molecule has 1 aliphatic carbocycles. The molecule has 0 atom stereocenters. The van der Waals surface area contributed by atoms with E-state index in [1.807, 2.05) is 0 Å². The predicted octanol–water partition coefficient (Wildman–Crippen LogP) is 5.50. The van der Waals surface area contributed by atoms with Gasteiger partial charge in [-0.25, -0.2) is 8.42 Å². The fourth-order valence-electron chi connectivity index (χ4n) is 2.78. The molecule has 1 aliphatic rings. The van der Waals surface area contributed by atoms with Crippen molar-refractivity contribution in [2.24, 2.45) is 0 Å². The van der Waals surface area contributed by atoms with Crippen molar-refractivity contribution in [3.8, 4) is 5.75 Å².